The minimum absolute atomic E-state index is 0.236. The molecule has 0 saturated heterocycles. The summed E-state index contributed by atoms with van der Waals surface area (Å²) in [5.41, 5.74) is 2.13. The summed E-state index contributed by atoms with van der Waals surface area (Å²) in [7, 11) is 0. The zero-order valence-corrected chi connectivity index (χ0v) is 6.94. The molecule has 12 heavy (non-hydrogen) atoms. The van der Waals surface area contributed by atoms with Gasteiger partial charge in [0, 0.05) is 5.56 Å². The molecule has 1 heterocycles. The molecule has 0 spiro atoms. The van der Waals surface area contributed by atoms with E-state index in [4.69, 9.17) is 0 Å². The molecule has 2 rings (SSSR count). The predicted octanol–water partition coefficient (Wildman–Crippen LogP) is 2.88. The standard InChI is InChI=1S/C10H10N2/c1-8-7-10(12-11-8)9-5-3-2-4-6-9/h2-8H,1H3. The summed E-state index contributed by atoms with van der Waals surface area (Å²) in [6.45, 7) is 2.03. The van der Waals surface area contributed by atoms with Gasteiger partial charge in [-0.2, -0.15) is 10.2 Å². The van der Waals surface area contributed by atoms with Crippen LogP contribution in [-0.2, 0) is 0 Å². The van der Waals surface area contributed by atoms with Gasteiger partial charge in [-0.3, -0.25) is 0 Å². The van der Waals surface area contributed by atoms with Crippen LogP contribution in [0, 0.1) is 0 Å². The van der Waals surface area contributed by atoms with Gasteiger partial charge in [-0.1, -0.05) is 30.3 Å². The van der Waals surface area contributed by atoms with Gasteiger partial charge in [0.15, 0.2) is 0 Å². The second kappa shape index (κ2) is 2.89. The Morgan fingerprint density at radius 2 is 1.92 bits per heavy atom. The van der Waals surface area contributed by atoms with E-state index in [0.717, 1.165) is 11.3 Å². The van der Waals surface area contributed by atoms with Gasteiger partial charge in [0.1, 0.15) is 0 Å². The van der Waals surface area contributed by atoms with Gasteiger partial charge in [0.05, 0.1) is 11.7 Å². The molecule has 0 bridgehead atoms. The van der Waals surface area contributed by atoms with Gasteiger partial charge < -0.3 is 0 Å². The van der Waals surface area contributed by atoms with Crippen LogP contribution in [0.3, 0.4) is 0 Å². The second-order valence-corrected chi connectivity index (χ2v) is 2.87. The fourth-order valence-electron chi connectivity index (χ4n) is 1.21. The van der Waals surface area contributed by atoms with Gasteiger partial charge in [-0.05, 0) is 13.0 Å². The molecule has 0 saturated carbocycles. The topological polar surface area (TPSA) is 24.7 Å². The summed E-state index contributed by atoms with van der Waals surface area (Å²) in [5.74, 6) is 0. The molecule has 1 aliphatic heterocycles. The predicted molar refractivity (Wildman–Crippen MR) is 48.7 cm³/mol. The number of rotatable bonds is 1. The summed E-state index contributed by atoms with van der Waals surface area (Å²) < 4.78 is 0. The first-order valence-corrected chi connectivity index (χ1v) is 4.04. The lowest BCUT2D eigenvalue weighted by Gasteiger charge is -1.94. The first-order valence-electron chi connectivity index (χ1n) is 4.04. The number of nitrogens with zero attached hydrogens (tertiary/aromatic N) is 2. The van der Waals surface area contributed by atoms with Crippen LogP contribution in [0.15, 0.2) is 46.6 Å². The molecule has 0 radical (unpaired) electrons. The van der Waals surface area contributed by atoms with Crippen molar-refractivity contribution in [1.29, 1.82) is 0 Å². The summed E-state index contributed by atoms with van der Waals surface area (Å²) >= 11 is 0. The van der Waals surface area contributed by atoms with Crippen molar-refractivity contribution in [2.75, 3.05) is 0 Å². The van der Waals surface area contributed by atoms with Crippen molar-refractivity contribution < 1.29 is 0 Å². The Morgan fingerprint density at radius 3 is 2.50 bits per heavy atom. The van der Waals surface area contributed by atoms with Crippen molar-refractivity contribution in [2.45, 2.75) is 13.0 Å². The van der Waals surface area contributed by atoms with Crippen molar-refractivity contribution in [1.82, 2.24) is 0 Å². The normalized spacial score (nSPS) is 21.1. The SMILES string of the molecule is CC1C=C(c2ccccc2)N=N1. The third-order valence-electron chi connectivity index (χ3n) is 1.82. The molecule has 0 aromatic heterocycles. The summed E-state index contributed by atoms with van der Waals surface area (Å²) in [5, 5.41) is 8.10. The molecule has 2 heteroatoms. The zero-order chi connectivity index (χ0) is 8.39. The average Bonchev–Trinajstić information content (AvgIpc) is 2.54. The van der Waals surface area contributed by atoms with Gasteiger partial charge >= 0.3 is 0 Å². The average molecular weight is 158 g/mol. The van der Waals surface area contributed by atoms with E-state index in [1.165, 1.54) is 0 Å². The Labute approximate surface area is 71.6 Å². The summed E-state index contributed by atoms with van der Waals surface area (Å²) in [6, 6.07) is 10.3. The molecular formula is C10H10N2. The van der Waals surface area contributed by atoms with E-state index in [0.29, 0.717) is 0 Å². The van der Waals surface area contributed by atoms with E-state index in [2.05, 4.69) is 16.3 Å². The van der Waals surface area contributed by atoms with Crippen LogP contribution in [0.25, 0.3) is 5.70 Å². The first-order chi connectivity index (χ1) is 5.86. The quantitative estimate of drug-likeness (QED) is 0.600. The Morgan fingerprint density at radius 1 is 1.17 bits per heavy atom. The van der Waals surface area contributed by atoms with Crippen LogP contribution >= 0.6 is 0 Å². The highest BCUT2D eigenvalue weighted by molar-refractivity contribution is 5.65. The highest BCUT2D eigenvalue weighted by atomic mass is 15.1. The van der Waals surface area contributed by atoms with E-state index in [9.17, 15) is 0 Å². The highest BCUT2D eigenvalue weighted by Crippen LogP contribution is 2.22. The monoisotopic (exact) mass is 158 g/mol. The lowest BCUT2D eigenvalue weighted by molar-refractivity contribution is 0.895. The van der Waals surface area contributed by atoms with Gasteiger partial charge in [0.2, 0.25) is 0 Å². The lowest BCUT2D eigenvalue weighted by Crippen LogP contribution is -1.84. The molecule has 0 aliphatic carbocycles. The molecule has 1 aromatic rings. The first kappa shape index (κ1) is 7.22. The van der Waals surface area contributed by atoms with Crippen molar-refractivity contribution >= 4 is 5.70 Å². The molecule has 0 fully saturated rings. The Bertz CT molecular complexity index is 325. The van der Waals surface area contributed by atoms with Gasteiger partial charge in [-0.25, -0.2) is 0 Å². The molecule has 0 amide bonds. The zero-order valence-electron chi connectivity index (χ0n) is 6.94. The number of benzene rings is 1. The largest absolute Gasteiger partial charge is 0.181 e. The third kappa shape index (κ3) is 1.28. The molecule has 60 valence electrons. The molecule has 2 nitrogen and oxygen atoms in total. The minimum atomic E-state index is 0.236. The van der Waals surface area contributed by atoms with Crippen LogP contribution in [0.2, 0.25) is 0 Å². The van der Waals surface area contributed by atoms with Crippen molar-refractivity contribution in [3.8, 4) is 0 Å². The molecule has 1 atom stereocenters. The lowest BCUT2D eigenvalue weighted by atomic mass is 10.1. The Balaban J connectivity index is 2.34. The Kier molecular flexibility index (Phi) is 1.74. The van der Waals surface area contributed by atoms with Crippen LogP contribution in [0.5, 0.6) is 0 Å². The van der Waals surface area contributed by atoms with Gasteiger partial charge in [0.25, 0.3) is 0 Å². The Hall–Kier alpha value is -1.44. The van der Waals surface area contributed by atoms with Crippen LogP contribution in [0.4, 0.5) is 0 Å². The molecule has 1 unspecified atom stereocenters. The summed E-state index contributed by atoms with van der Waals surface area (Å²) in [4.78, 5) is 0. The highest BCUT2D eigenvalue weighted by Gasteiger charge is 2.08. The molecule has 1 aliphatic rings. The fourth-order valence-corrected chi connectivity index (χ4v) is 1.21. The van der Waals surface area contributed by atoms with E-state index < -0.39 is 0 Å². The molecule has 0 N–H and O–H groups in total. The van der Waals surface area contributed by atoms with Crippen molar-refractivity contribution in [3.05, 3.63) is 42.0 Å². The fraction of sp³-hybridized carbons (Fsp3) is 0.200. The van der Waals surface area contributed by atoms with Crippen molar-refractivity contribution in [3.63, 3.8) is 0 Å². The number of hydrogen-bond acceptors (Lipinski definition) is 2. The van der Waals surface area contributed by atoms with E-state index in [1.807, 2.05) is 37.3 Å². The second-order valence-electron chi connectivity index (χ2n) is 2.87. The van der Waals surface area contributed by atoms with Crippen LogP contribution in [0.1, 0.15) is 12.5 Å². The molecular weight excluding hydrogens is 148 g/mol. The third-order valence-corrected chi connectivity index (χ3v) is 1.82. The summed E-state index contributed by atoms with van der Waals surface area (Å²) in [6.07, 6.45) is 2.06. The minimum Gasteiger partial charge on any atom is -0.181 e. The van der Waals surface area contributed by atoms with Gasteiger partial charge in [-0.15, -0.1) is 0 Å². The maximum atomic E-state index is 4.07. The van der Waals surface area contributed by atoms with Crippen molar-refractivity contribution in [2.24, 2.45) is 10.2 Å². The van der Waals surface area contributed by atoms with Crippen LogP contribution < -0.4 is 0 Å². The number of azo groups is 1. The number of hydrogen-bond donors (Lipinski definition) is 0. The van der Waals surface area contributed by atoms with E-state index in [1.54, 1.807) is 0 Å². The maximum absolute atomic E-state index is 4.07. The van der Waals surface area contributed by atoms with E-state index in [-0.39, 0.29) is 6.04 Å². The van der Waals surface area contributed by atoms with Crippen LogP contribution in [-0.4, -0.2) is 6.04 Å². The maximum Gasteiger partial charge on any atom is 0.0907 e. The molecule has 1 aromatic carbocycles. The smallest absolute Gasteiger partial charge is 0.0907 e. The van der Waals surface area contributed by atoms with E-state index >= 15 is 0 Å².